The number of carboxylic acids is 1. The minimum atomic E-state index is -1.23. The predicted octanol–water partition coefficient (Wildman–Crippen LogP) is 5.47. The molecule has 0 atom stereocenters. The van der Waals surface area contributed by atoms with Gasteiger partial charge in [-0.25, -0.2) is 4.79 Å². The highest BCUT2D eigenvalue weighted by Gasteiger charge is 2.27. The minimum absolute atomic E-state index is 0.00000858. The first kappa shape index (κ1) is 27.1. The smallest absolute Gasteiger partial charge is 0.336 e. The highest BCUT2D eigenvalue weighted by Crippen LogP contribution is 2.41. The Balaban J connectivity index is 1.65. The zero-order valence-electron chi connectivity index (χ0n) is 22.3. The molecule has 10 heteroatoms. The summed E-state index contributed by atoms with van der Waals surface area (Å²) in [5.41, 5.74) is 2.51. The fraction of sp³-hybridized carbons (Fsp3) is 0.267. The molecular weight excluding hydrogens is 532 g/mol. The van der Waals surface area contributed by atoms with Crippen molar-refractivity contribution >= 4 is 40.1 Å². The number of carbonyl (C=O) groups excluding carboxylic acids is 1. The van der Waals surface area contributed by atoms with Crippen LogP contribution in [0.2, 0.25) is 0 Å². The third kappa shape index (κ3) is 5.76. The van der Waals surface area contributed by atoms with E-state index in [2.05, 4.69) is 8.75 Å². The average molecular weight is 561 g/mol. The van der Waals surface area contributed by atoms with Gasteiger partial charge >= 0.3 is 5.97 Å². The molecule has 0 amide bonds. The molecule has 0 spiro atoms. The van der Waals surface area contributed by atoms with Crippen LogP contribution in [0.15, 0.2) is 60.2 Å². The van der Waals surface area contributed by atoms with E-state index in [-0.39, 0.29) is 17.6 Å². The zero-order chi connectivity index (χ0) is 28.2. The summed E-state index contributed by atoms with van der Waals surface area (Å²) >= 11 is 1.04. The van der Waals surface area contributed by atoms with Crippen LogP contribution in [-0.4, -0.2) is 53.5 Å². The predicted molar refractivity (Wildman–Crippen MR) is 151 cm³/mol. The molecule has 0 aliphatic heterocycles. The Morgan fingerprint density at radius 1 is 0.875 bits per heavy atom. The molecule has 1 N–H and O–H groups in total. The number of rotatable bonds is 12. The normalized spacial score (nSPS) is 13.5. The molecule has 0 radical (unpaired) electrons. The summed E-state index contributed by atoms with van der Waals surface area (Å²) in [7, 11) is 4.59. The third-order valence-corrected chi connectivity index (χ3v) is 7.30. The number of hydrogen-bond donors (Lipinski definition) is 1. The number of fused-ring (bicyclic) bond motifs is 1. The van der Waals surface area contributed by atoms with Crippen molar-refractivity contribution < 1.29 is 33.6 Å². The van der Waals surface area contributed by atoms with Crippen LogP contribution in [0.4, 0.5) is 0 Å². The molecule has 4 aromatic rings. The number of hydrogen-bond acceptors (Lipinski definition) is 9. The summed E-state index contributed by atoms with van der Waals surface area (Å²) < 4.78 is 30.9. The number of carbonyl (C=O) groups is 2. The molecule has 9 nitrogen and oxygen atoms in total. The summed E-state index contributed by atoms with van der Waals surface area (Å²) in [6.45, 7) is 0.540. The maximum Gasteiger partial charge on any atom is 0.336 e. The summed E-state index contributed by atoms with van der Waals surface area (Å²) in [6.07, 6.45) is 2.23. The van der Waals surface area contributed by atoms with Gasteiger partial charge in [-0.2, -0.15) is 8.75 Å². The minimum Gasteiger partial charge on any atom is -0.497 e. The van der Waals surface area contributed by atoms with Gasteiger partial charge in [0.25, 0.3) is 0 Å². The van der Waals surface area contributed by atoms with Crippen molar-refractivity contribution in [2.75, 3.05) is 27.9 Å². The Labute approximate surface area is 235 Å². The summed E-state index contributed by atoms with van der Waals surface area (Å²) in [4.78, 5) is 26.8. The third-order valence-electron chi connectivity index (χ3n) is 6.74. The van der Waals surface area contributed by atoms with E-state index in [0.717, 1.165) is 24.6 Å². The van der Waals surface area contributed by atoms with Crippen molar-refractivity contribution in [1.82, 2.24) is 8.75 Å². The standard InChI is InChI=1S/C30H28N2O7S/c1-36-21-9-6-19(7-10-21)28(33)22(27(30(34)35)20-8-11-23-24(15-20)32-40-31-23)12-18-13-25(37-2)29(38-3)26(14-18)39-16-17-4-5-17/h6-11,13-15,17H,4-5,12,16H2,1-3H3,(H,34,35)/b27-22+. The Kier molecular flexibility index (Phi) is 7.97. The number of aliphatic carboxylic acids is 1. The van der Waals surface area contributed by atoms with Crippen molar-refractivity contribution in [1.29, 1.82) is 0 Å². The van der Waals surface area contributed by atoms with Crippen molar-refractivity contribution in [2.24, 2.45) is 5.92 Å². The highest BCUT2D eigenvalue weighted by molar-refractivity contribution is 7.00. The lowest BCUT2D eigenvalue weighted by Gasteiger charge is -2.18. The first-order valence-corrected chi connectivity index (χ1v) is 13.4. The number of carboxylic acid groups (broad SMARTS) is 1. The lowest BCUT2D eigenvalue weighted by Crippen LogP contribution is -2.14. The Hall–Kier alpha value is -4.44. The molecule has 1 fully saturated rings. The van der Waals surface area contributed by atoms with Gasteiger partial charge in [0, 0.05) is 17.6 Å². The lowest BCUT2D eigenvalue weighted by molar-refractivity contribution is -0.130. The van der Waals surface area contributed by atoms with Gasteiger partial charge in [-0.05, 0) is 78.4 Å². The second-order valence-electron chi connectivity index (χ2n) is 9.44. The lowest BCUT2D eigenvalue weighted by atomic mass is 9.89. The van der Waals surface area contributed by atoms with E-state index in [0.29, 0.717) is 63.2 Å². The quantitative estimate of drug-likeness (QED) is 0.178. The van der Waals surface area contributed by atoms with Crippen LogP contribution in [0.25, 0.3) is 16.6 Å². The highest BCUT2D eigenvalue weighted by atomic mass is 32.1. The number of methoxy groups -OCH3 is 3. The van der Waals surface area contributed by atoms with Crippen LogP contribution in [0.3, 0.4) is 0 Å². The molecule has 206 valence electrons. The average Bonchev–Trinajstić information content (AvgIpc) is 3.69. The van der Waals surface area contributed by atoms with Crippen molar-refractivity contribution in [3.8, 4) is 23.0 Å². The molecule has 3 aromatic carbocycles. The number of aromatic nitrogens is 2. The van der Waals surface area contributed by atoms with Gasteiger partial charge in [-0.3, -0.25) is 4.79 Å². The first-order chi connectivity index (χ1) is 19.4. The molecule has 1 saturated carbocycles. The topological polar surface area (TPSA) is 117 Å². The number of ether oxygens (including phenoxy) is 4. The fourth-order valence-corrected chi connectivity index (χ4v) is 4.97. The van der Waals surface area contributed by atoms with Crippen molar-refractivity contribution in [2.45, 2.75) is 19.3 Å². The molecule has 1 aliphatic carbocycles. The molecule has 1 aliphatic rings. The van der Waals surface area contributed by atoms with Gasteiger partial charge in [0.15, 0.2) is 17.3 Å². The van der Waals surface area contributed by atoms with Gasteiger partial charge in [0.05, 0.1) is 45.2 Å². The Morgan fingerprint density at radius 2 is 1.57 bits per heavy atom. The van der Waals surface area contributed by atoms with Crippen LogP contribution in [0.5, 0.6) is 23.0 Å². The first-order valence-electron chi connectivity index (χ1n) is 12.7. The van der Waals surface area contributed by atoms with E-state index in [1.165, 1.54) is 21.3 Å². The molecule has 0 saturated heterocycles. The number of nitrogens with zero attached hydrogens (tertiary/aromatic N) is 2. The van der Waals surface area contributed by atoms with Crippen LogP contribution in [-0.2, 0) is 11.2 Å². The van der Waals surface area contributed by atoms with Gasteiger partial charge in [0.1, 0.15) is 16.8 Å². The number of ketones is 1. The molecule has 1 aromatic heterocycles. The van der Waals surface area contributed by atoms with Crippen molar-refractivity contribution in [3.63, 3.8) is 0 Å². The van der Waals surface area contributed by atoms with Gasteiger partial charge in [-0.1, -0.05) is 6.07 Å². The molecule has 1 heterocycles. The van der Waals surface area contributed by atoms with Gasteiger partial charge < -0.3 is 24.1 Å². The Bertz CT molecular complexity index is 1590. The monoisotopic (exact) mass is 560 g/mol. The summed E-state index contributed by atoms with van der Waals surface area (Å²) in [5.74, 6) is 0.774. The molecule has 5 rings (SSSR count). The van der Waals surface area contributed by atoms with Gasteiger partial charge in [-0.15, -0.1) is 0 Å². The second-order valence-corrected chi connectivity index (χ2v) is 9.97. The second kappa shape index (κ2) is 11.7. The van der Waals surface area contributed by atoms with E-state index in [1.807, 2.05) is 0 Å². The van der Waals surface area contributed by atoms with Crippen LogP contribution in [0, 0.1) is 5.92 Å². The van der Waals surface area contributed by atoms with E-state index in [1.54, 1.807) is 54.6 Å². The van der Waals surface area contributed by atoms with E-state index in [4.69, 9.17) is 18.9 Å². The molecule has 0 bridgehead atoms. The molecule has 0 unspecified atom stereocenters. The zero-order valence-corrected chi connectivity index (χ0v) is 23.1. The van der Waals surface area contributed by atoms with Crippen LogP contribution >= 0.6 is 11.7 Å². The summed E-state index contributed by atoms with van der Waals surface area (Å²) in [5, 5.41) is 10.4. The van der Waals surface area contributed by atoms with Crippen molar-refractivity contribution in [3.05, 3.63) is 76.9 Å². The van der Waals surface area contributed by atoms with E-state index < -0.39 is 11.8 Å². The largest absolute Gasteiger partial charge is 0.497 e. The van der Waals surface area contributed by atoms with Gasteiger partial charge in [0.2, 0.25) is 5.75 Å². The van der Waals surface area contributed by atoms with E-state index >= 15 is 0 Å². The molecule has 40 heavy (non-hydrogen) atoms. The fourth-order valence-electron chi connectivity index (χ4n) is 4.45. The maximum atomic E-state index is 14.0. The van der Waals surface area contributed by atoms with Crippen LogP contribution in [0.1, 0.15) is 34.3 Å². The SMILES string of the molecule is COc1ccc(C(=O)/C(Cc2cc(OC)c(OC)c(OCC3CC3)c2)=C(/C(=O)O)c2ccc3nsnc3c2)cc1. The summed E-state index contributed by atoms with van der Waals surface area (Å²) in [6, 6.07) is 15.1. The maximum absolute atomic E-state index is 14.0. The number of Topliss-reactive ketones (excluding diaryl/α,β-unsaturated/α-hetero) is 1. The number of allylic oxidation sites excluding steroid dienone is 1. The van der Waals surface area contributed by atoms with E-state index in [9.17, 15) is 14.7 Å². The molecular formula is C30H28N2O7S. The number of benzene rings is 3. The Morgan fingerprint density at radius 3 is 2.23 bits per heavy atom. The van der Waals surface area contributed by atoms with Crippen LogP contribution < -0.4 is 18.9 Å².